The molecule has 0 aliphatic rings. The third-order valence-corrected chi connectivity index (χ3v) is 5.45. The number of hydrogen-bond donors (Lipinski definition) is 0. The molecule has 0 N–H and O–H groups in total. The molecule has 0 fully saturated rings. The normalized spacial score (nSPS) is 10.9. The third kappa shape index (κ3) is 7.42. The topological polar surface area (TPSA) is 139 Å². The van der Waals surface area contributed by atoms with Crippen molar-refractivity contribution >= 4 is 5.69 Å². The number of hydrogen-bond acceptors (Lipinski definition) is 6. The molecule has 9 heteroatoms. The second-order valence-corrected chi connectivity index (χ2v) is 8.66. The Hall–Kier alpha value is -3.66. The molecule has 0 aliphatic heterocycles. The summed E-state index contributed by atoms with van der Waals surface area (Å²) in [4.78, 5) is 11.5. The number of benzene rings is 3. The predicted molar refractivity (Wildman–Crippen MR) is 125 cm³/mol. The molecule has 4 aromatic rings. The Labute approximate surface area is 211 Å². The quantitative estimate of drug-likeness (QED) is 0.212. The Bertz CT molecular complexity index is 1290. The van der Waals surface area contributed by atoms with E-state index in [9.17, 15) is 10.1 Å². The number of nitro benzene ring substituents is 1. The summed E-state index contributed by atoms with van der Waals surface area (Å²) in [5.41, 5.74) is 5.90. The van der Waals surface area contributed by atoms with Crippen LogP contribution in [0.15, 0.2) is 97.1 Å². The van der Waals surface area contributed by atoms with Gasteiger partial charge < -0.3 is 0 Å². The van der Waals surface area contributed by atoms with Crippen LogP contribution in [0.4, 0.5) is 5.69 Å². The molecule has 3 aromatic carbocycles. The van der Waals surface area contributed by atoms with Crippen molar-refractivity contribution in [3.8, 4) is 33.6 Å². The van der Waals surface area contributed by atoms with E-state index in [4.69, 9.17) is 18.6 Å². The van der Waals surface area contributed by atoms with E-state index in [0.29, 0.717) is 5.56 Å². The number of para-hydroxylation sites is 1. The average molecular weight is 509 g/mol. The van der Waals surface area contributed by atoms with Crippen LogP contribution in [0.2, 0.25) is 0 Å². The van der Waals surface area contributed by atoms with E-state index < -0.39 is 10.2 Å². The number of unbranched alkanes of at least 4 members (excludes halogenated alkanes) is 1. The lowest BCUT2D eigenvalue weighted by Crippen LogP contribution is -2.68. The van der Waals surface area contributed by atoms with Gasteiger partial charge in [0.1, 0.15) is 12.1 Å². The van der Waals surface area contributed by atoms with Crippen molar-refractivity contribution in [2.24, 2.45) is 0 Å². The van der Waals surface area contributed by atoms with Crippen LogP contribution in [0, 0.1) is 20.4 Å². The highest BCUT2D eigenvalue weighted by atomic mass is 35.7. The van der Waals surface area contributed by atoms with Crippen LogP contribution < -0.4 is 23.2 Å². The third-order valence-electron chi connectivity index (χ3n) is 5.45. The van der Waals surface area contributed by atoms with Crippen LogP contribution in [0.25, 0.3) is 33.6 Å². The highest BCUT2D eigenvalue weighted by Crippen LogP contribution is 2.33. The summed E-state index contributed by atoms with van der Waals surface area (Å²) in [5.74, 6) is 0. The molecule has 0 saturated carbocycles. The fourth-order valence-corrected chi connectivity index (χ4v) is 3.90. The first-order valence-electron chi connectivity index (χ1n) is 11.2. The number of nitrogens with zero attached hydrogens (tertiary/aromatic N) is 2. The van der Waals surface area contributed by atoms with Gasteiger partial charge in [-0.05, 0) is 29.3 Å². The van der Waals surface area contributed by atoms with Crippen molar-refractivity contribution < 1.29 is 38.4 Å². The highest BCUT2D eigenvalue weighted by Gasteiger charge is 2.27. The van der Waals surface area contributed by atoms with Gasteiger partial charge >= 0.3 is 0 Å². The molecule has 4 rings (SSSR count). The van der Waals surface area contributed by atoms with E-state index in [1.54, 1.807) is 12.1 Å². The van der Waals surface area contributed by atoms with Gasteiger partial charge in [0.25, 0.3) is 5.69 Å². The minimum atomic E-state index is -4.94. The zero-order valence-corrected chi connectivity index (χ0v) is 20.3. The standard InChI is InChI=1S/C27H25N2O2.ClHO4/c1-2-3-18-28-26(22-14-8-5-9-15-22)19-23(21-12-6-4-7-13-21)20-27(28)24-16-10-11-17-25(24)29(30)31;2-1(3,4)5/h4-17,19-20H,2-3,18H2,1H3;(H,2,3,4,5)/q+1;/p-1. The molecular formula is C27H25ClN2O6. The van der Waals surface area contributed by atoms with E-state index >= 15 is 0 Å². The average Bonchev–Trinajstić information content (AvgIpc) is 2.87. The summed E-state index contributed by atoms with van der Waals surface area (Å²) in [6.45, 7) is 2.95. The molecule has 0 atom stereocenters. The maximum absolute atomic E-state index is 11.8. The number of aromatic nitrogens is 1. The molecule has 1 heterocycles. The summed E-state index contributed by atoms with van der Waals surface area (Å²) >= 11 is 0. The van der Waals surface area contributed by atoms with Gasteiger partial charge in [-0.15, -0.1) is 10.2 Å². The molecule has 0 spiro atoms. The summed E-state index contributed by atoms with van der Waals surface area (Å²) in [6.07, 6.45) is 2.03. The SMILES string of the molecule is CCCC[n+]1c(-c2ccccc2)cc(-c2ccccc2)cc1-c1ccccc1[N+](=O)[O-].[O-][Cl+3]([O-])([O-])[O-]. The predicted octanol–water partition coefficient (Wildman–Crippen LogP) is 1.93. The summed E-state index contributed by atoms with van der Waals surface area (Å²) in [6, 6.07) is 31.7. The van der Waals surface area contributed by atoms with Gasteiger partial charge in [-0.3, -0.25) is 10.1 Å². The van der Waals surface area contributed by atoms with E-state index in [-0.39, 0.29) is 10.6 Å². The van der Waals surface area contributed by atoms with E-state index in [2.05, 4.69) is 47.9 Å². The van der Waals surface area contributed by atoms with Crippen molar-refractivity contribution in [3.05, 3.63) is 107 Å². The first-order valence-corrected chi connectivity index (χ1v) is 12.5. The minimum Gasteiger partial charge on any atom is -0.258 e. The number of pyridine rings is 1. The van der Waals surface area contributed by atoms with Crippen LogP contribution in [0.5, 0.6) is 0 Å². The minimum absolute atomic E-state index is 0.122. The molecule has 0 aliphatic carbocycles. The van der Waals surface area contributed by atoms with Crippen LogP contribution in [-0.2, 0) is 6.54 Å². The molecule has 8 nitrogen and oxygen atoms in total. The van der Waals surface area contributed by atoms with Crippen LogP contribution in [0.1, 0.15) is 19.8 Å². The van der Waals surface area contributed by atoms with E-state index in [1.807, 2.05) is 48.5 Å². The van der Waals surface area contributed by atoms with Gasteiger partial charge in [0.15, 0.2) is 0 Å². The van der Waals surface area contributed by atoms with Crippen LogP contribution in [0.3, 0.4) is 0 Å². The number of rotatable bonds is 7. The monoisotopic (exact) mass is 508 g/mol. The summed E-state index contributed by atoms with van der Waals surface area (Å²) in [7, 11) is -4.94. The largest absolute Gasteiger partial charge is 0.283 e. The molecular weight excluding hydrogens is 484 g/mol. The van der Waals surface area contributed by atoms with Gasteiger partial charge in [0.2, 0.25) is 11.4 Å². The molecule has 0 saturated heterocycles. The van der Waals surface area contributed by atoms with Crippen LogP contribution >= 0.6 is 0 Å². The van der Waals surface area contributed by atoms with Crippen molar-refractivity contribution in [3.63, 3.8) is 0 Å². The zero-order chi connectivity index (χ0) is 26.1. The smallest absolute Gasteiger partial charge is 0.258 e. The molecule has 0 amide bonds. The second-order valence-electron chi connectivity index (χ2n) is 7.90. The summed E-state index contributed by atoms with van der Waals surface area (Å²) in [5, 5.41) is 11.8. The molecule has 0 bridgehead atoms. The van der Waals surface area contributed by atoms with Gasteiger partial charge in [-0.1, -0.05) is 74.0 Å². The van der Waals surface area contributed by atoms with Gasteiger partial charge in [0, 0.05) is 30.2 Å². The first kappa shape index (κ1) is 26.9. The fourth-order valence-electron chi connectivity index (χ4n) is 3.90. The van der Waals surface area contributed by atoms with E-state index in [0.717, 1.165) is 47.5 Å². The molecule has 36 heavy (non-hydrogen) atoms. The second kappa shape index (κ2) is 12.3. The molecule has 0 unspecified atom stereocenters. The van der Waals surface area contributed by atoms with Crippen molar-refractivity contribution in [2.75, 3.05) is 0 Å². The maximum Gasteiger partial charge on any atom is 0.283 e. The molecule has 186 valence electrons. The number of nitro groups is 1. The Balaban J connectivity index is 0.000000658. The van der Waals surface area contributed by atoms with Crippen molar-refractivity contribution in [2.45, 2.75) is 26.3 Å². The fraction of sp³-hybridized carbons (Fsp3) is 0.148. The van der Waals surface area contributed by atoms with Gasteiger partial charge in [0.05, 0.1) is 4.92 Å². The Morgan fingerprint density at radius 2 is 1.22 bits per heavy atom. The highest BCUT2D eigenvalue weighted by molar-refractivity contribution is 5.76. The Morgan fingerprint density at radius 3 is 1.78 bits per heavy atom. The van der Waals surface area contributed by atoms with E-state index in [1.165, 1.54) is 0 Å². The maximum atomic E-state index is 11.8. The lowest BCUT2D eigenvalue weighted by Gasteiger charge is -2.17. The van der Waals surface area contributed by atoms with Crippen molar-refractivity contribution in [1.29, 1.82) is 0 Å². The summed E-state index contributed by atoms with van der Waals surface area (Å²) < 4.78 is 36.2. The molecule has 0 radical (unpaired) electrons. The van der Waals surface area contributed by atoms with Gasteiger partial charge in [-0.25, -0.2) is 18.6 Å². The van der Waals surface area contributed by atoms with Crippen LogP contribution in [-0.4, -0.2) is 4.92 Å². The number of halogens is 1. The lowest BCUT2D eigenvalue weighted by molar-refractivity contribution is -2.00. The zero-order valence-electron chi connectivity index (χ0n) is 19.6. The van der Waals surface area contributed by atoms with Crippen molar-refractivity contribution in [1.82, 2.24) is 0 Å². The first-order chi connectivity index (χ1) is 17.2. The molecule has 1 aromatic heterocycles. The Morgan fingerprint density at radius 1 is 0.722 bits per heavy atom. The Kier molecular flexibility index (Phi) is 9.24. The van der Waals surface area contributed by atoms with Gasteiger partial charge in [-0.2, -0.15) is 4.57 Å². The lowest BCUT2D eigenvalue weighted by atomic mass is 9.98.